The largest absolute Gasteiger partial charge is 0.490 e. The molecule has 2 aliphatic rings. The Balaban J connectivity index is 1.75. The summed E-state index contributed by atoms with van der Waals surface area (Å²) in [5.41, 5.74) is 7.09. The first-order chi connectivity index (χ1) is 19.4. The highest BCUT2D eigenvalue weighted by molar-refractivity contribution is 5.94. The molecule has 5 rings (SSSR count). The molecule has 1 atom stereocenters. The Kier molecular flexibility index (Phi) is 7.68. The number of rotatable bonds is 5. The van der Waals surface area contributed by atoms with Gasteiger partial charge in [0, 0.05) is 29.8 Å². The van der Waals surface area contributed by atoms with Gasteiger partial charge in [-0.05, 0) is 118 Å². The van der Waals surface area contributed by atoms with Crippen LogP contribution < -0.4 is 4.74 Å². The molecule has 7 heteroatoms. The van der Waals surface area contributed by atoms with E-state index < -0.39 is 23.5 Å². The van der Waals surface area contributed by atoms with Gasteiger partial charge in [0.15, 0.2) is 17.7 Å². The number of nitrogens with zero attached hydrogens (tertiary/aromatic N) is 1. The van der Waals surface area contributed by atoms with E-state index in [0.29, 0.717) is 54.8 Å². The number of benzene rings is 3. The summed E-state index contributed by atoms with van der Waals surface area (Å²) in [5, 5.41) is 10.5. The monoisotopic (exact) mass is 559 g/mol. The number of aliphatic carboxylic acids is 1. The zero-order chi connectivity index (χ0) is 29.6. The molecule has 0 aromatic heterocycles. The fourth-order valence-electron chi connectivity index (χ4n) is 6.34. The second-order valence-electron chi connectivity index (χ2n) is 12.1. The van der Waals surface area contributed by atoms with Crippen molar-refractivity contribution >= 4 is 11.9 Å². The van der Waals surface area contributed by atoms with Crippen molar-refractivity contribution in [2.24, 2.45) is 0 Å². The number of ether oxygens (including phenoxy) is 2. The Morgan fingerprint density at radius 1 is 1.00 bits per heavy atom. The maximum absolute atomic E-state index is 15.6. The predicted octanol–water partition coefficient (Wildman–Crippen LogP) is 6.88. The first-order valence-corrected chi connectivity index (χ1v) is 14.2. The van der Waals surface area contributed by atoms with E-state index in [0.717, 1.165) is 39.8 Å². The van der Waals surface area contributed by atoms with Gasteiger partial charge in [0.25, 0.3) is 5.91 Å². The van der Waals surface area contributed by atoms with Gasteiger partial charge in [0.1, 0.15) is 0 Å². The SMILES string of the molecule is Cc1c(-c2c(C)c3c(c(C)c2C(OC(C)(C)C)C(=O)O)CCN(C(=O)c2ccccc2)C3)cc(F)c2c1CCCO2. The van der Waals surface area contributed by atoms with E-state index in [2.05, 4.69) is 0 Å². The zero-order valence-corrected chi connectivity index (χ0v) is 24.7. The van der Waals surface area contributed by atoms with Crippen LogP contribution in [0.1, 0.15) is 82.6 Å². The maximum atomic E-state index is 15.6. The summed E-state index contributed by atoms with van der Waals surface area (Å²) >= 11 is 0. The van der Waals surface area contributed by atoms with E-state index in [1.807, 2.05) is 76.8 Å². The second kappa shape index (κ2) is 10.9. The van der Waals surface area contributed by atoms with Crippen molar-refractivity contribution in [2.45, 2.75) is 79.1 Å². The molecule has 3 aromatic carbocycles. The van der Waals surface area contributed by atoms with Crippen LogP contribution in [0.4, 0.5) is 4.39 Å². The number of carbonyl (C=O) groups is 2. The van der Waals surface area contributed by atoms with Crippen molar-refractivity contribution < 1.29 is 28.6 Å². The summed E-state index contributed by atoms with van der Waals surface area (Å²) < 4.78 is 27.4. The lowest BCUT2D eigenvalue weighted by Crippen LogP contribution is -2.37. The average molecular weight is 560 g/mol. The van der Waals surface area contributed by atoms with E-state index >= 15 is 4.39 Å². The predicted molar refractivity (Wildman–Crippen MR) is 156 cm³/mol. The molecule has 0 bridgehead atoms. The molecule has 1 N–H and O–H groups in total. The lowest BCUT2D eigenvalue weighted by molar-refractivity contribution is -0.160. The van der Waals surface area contributed by atoms with Gasteiger partial charge in [-0.25, -0.2) is 9.18 Å². The summed E-state index contributed by atoms with van der Waals surface area (Å²) in [4.78, 5) is 28.0. The molecule has 2 aliphatic heterocycles. The maximum Gasteiger partial charge on any atom is 0.337 e. The van der Waals surface area contributed by atoms with E-state index in [1.165, 1.54) is 6.07 Å². The van der Waals surface area contributed by atoms with E-state index in [-0.39, 0.29) is 11.7 Å². The summed E-state index contributed by atoms with van der Waals surface area (Å²) in [5.74, 6) is -1.32. The third-order valence-corrected chi connectivity index (χ3v) is 8.27. The van der Waals surface area contributed by atoms with Crippen molar-refractivity contribution in [1.82, 2.24) is 4.90 Å². The van der Waals surface area contributed by atoms with Crippen molar-refractivity contribution in [3.8, 4) is 16.9 Å². The van der Waals surface area contributed by atoms with E-state index in [4.69, 9.17) is 9.47 Å². The molecular formula is C34H38FNO5. The highest BCUT2D eigenvalue weighted by Crippen LogP contribution is 2.46. The van der Waals surface area contributed by atoms with Gasteiger partial charge in [-0.2, -0.15) is 0 Å². The number of halogens is 1. The minimum atomic E-state index is -1.26. The normalized spacial score (nSPS) is 15.5. The molecule has 0 aliphatic carbocycles. The Morgan fingerprint density at radius 2 is 1.71 bits per heavy atom. The number of carboxylic acids is 1. The van der Waals surface area contributed by atoms with Gasteiger partial charge >= 0.3 is 5.97 Å². The summed E-state index contributed by atoms with van der Waals surface area (Å²) in [6.07, 6.45) is 0.798. The molecule has 0 spiro atoms. The summed E-state index contributed by atoms with van der Waals surface area (Å²) in [6.45, 7) is 12.7. The second-order valence-corrected chi connectivity index (χ2v) is 12.1. The first kappa shape index (κ1) is 28.8. The van der Waals surface area contributed by atoms with Crippen molar-refractivity contribution in [1.29, 1.82) is 0 Å². The van der Waals surface area contributed by atoms with Crippen LogP contribution in [-0.2, 0) is 28.9 Å². The number of amides is 1. The molecular weight excluding hydrogens is 521 g/mol. The molecule has 1 unspecified atom stereocenters. The highest BCUT2D eigenvalue weighted by Gasteiger charge is 2.36. The van der Waals surface area contributed by atoms with Gasteiger partial charge in [-0.1, -0.05) is 18.2 Å². The Bertz CT molecular complexity index is 1520. The average Bonchev–Trinajstić information content (AvgIpc) is 2.95. The molecule has 216 valence electrons. The summed E-state index contributed by atoms with van der Waals surface area (Å²) in [7, 11) is 0. The molecule has 0 saturated heterocycles. The molecule has 0 saturated carbocycles. The summed E-state index contributed by atoms with van der Waals surface area (Å²) in [6, 6.07) is 10.7. The topological polar surface area (TPSA) is 76.1 Å². The number of fused-ring (bicyclic) bond motifs is 2. The fraction of sp³-hybridized carbons (Fsp3) is 0.412. The first-order valence-electron chi connectivity index (χ1n) is 14.2. The molecule has 41 heavy (non-hydrogen) atoms. The Hall–Kier alpha value is -3.71. The van der Waals surface area contributed by atoms with Gasteiger partial charge in [0.05, 0.1) is 12.2 Å². The van der Waals surface area contributed by atoms with Crippen LogP contribution in [0, 0.1) is 26.6 Å². The van der Waals surface area contributed by atoms with Crippen LogP contribution in [0.15, 0.2) is 36.4 Å². The number of hydrogen-bond donors (Lipinski definition) is 1. The Labute approximate surface area is 241 Å². The molecule has 6 nitrogen and oxygen atoms in total. The van der Waals surface area contributed by atoms with E-state index in [9.17, 15) is 14.7 Å². The highest BCUT2D eigenvalue weighted by atomic mass is 19.1. The van der Waals surface area contributed by atoms with Crippen LogP contribution in [0.25, 0.3) is 11.1 Å². The zero-order valence-electron chi connectivity index (χ0n) is 24.7. The molecule has 1 amide bonds. The van der Waals surface area contributed by atoms with Crippen LogP contribution >= 0.6 is 0 Å². The van der Waals surface area contributed by atoms with Crippen molar-refractivity contribution in [3.05, 3.63) is 86.7 Å². The van der Waals surface area contributed by atoms with Gasteiger partial charge in [-0.3, -0.25) is 4.79 Å². The number of carboxylic acid groups (broad SMARTS) is 1. The minimum absolute atomic E-state index is 0.0495. The lowest BCUT2D eigenvalue weighted by Gasteiger charge is -2.36. The minimum Gasteiger partial charge on any atom is -0.490 e. The van der Waals surface area contributed by atoms with Crippen LogP contribution in [-0.4, -0.2) is 40.6 Å². The molecule has 2 heterocycles. The third kappa shape index (κ3) is 5.35. The van der Waals surface area contributed by atoms with Gasteiger partial charge in [0.2, 0.25) is 0 Å². The van der Waals surface area contributed by atoms with Crippen LogP contribution in [0.2, 0.25) is 0 Å². The van der Waals surface area contributed by atoms with Crippen LogP contribution in [0.3, 0.4) is 0 Å². The smallest absolute Gasteiger partial charge is 0.337 e. The van der Waals surface area contributed by atoms with E-state index in [1.54, 1.807) is 0 Å². The quantitative estimate of drug-likeness (QED) is 0.369. The standard InChI is InChI=1S/C34H38FNO5/c1-19-24-13-10-16-40-30(24)27(35)17-25(19)28-21(3)26-18-36(32(37)22-11-8-7-9-12-22)15-14-23(26)20(2)29(28)31(33(38)39)41-34(4,5)6/h7-9,11-12,17,31H,10,13-16,18H2,1-6H3,(H,38,39). The molecule has 0 radical (unpaired) electrons. The molecule has 3 aromatic rings. The lowest BCUT2D eigenvalue weighted by atomic mass is 9.78. The van der Waals surface area contributed by atoms with Gasteiger partial charge in [-0.15, -0.1) is 0 Å². The van der Waals surface area contributed by atoms with Crippen molar-refractivity contribution in [3.63, 3.8) is 0 Å². The molecule has 0 fully saturated rings. The van der Waals surface area contributed by atoms with Gasteiger partial charge < -0.3 is 19.5 Å². The fourth-order valence-corrected chi connectivity index (χ4v) is 6.34. The van der Waals surface area contributed by atoms with Crippen molar-refractivity contribution in [2.75, 3.05) is 13.2 Å². The Morgan fingerprint density at radius 3 is 2.37 bits per heavy atom. The number of hydrogen-bond acceptors (Lipinski definition) is 4. The van der Waals surface area contributed by atoms with Crippen LogP contribution in [0.5, 0.6) is 5.75 Å². The number of carbonyl (C=O) groups excluding carboxylic acids is 1. The third-order valence-electron chi connectivity index (χ3n) is 8.27.